The minimum atomic E-state index is 0.512. The number of ether oxygens (including phenoxy) is 1. The molecule has 0 spiro atoms. The first-order chi connectivity index (χ1) is 16.2. The van der Waals surface area contributed by atoms with Crippen LogP contribution < -0.4 is 4.74 Å². The van der Waals surface area contributed by atoms with E-state index in [4.69, 9.17) is 16.3 Å². The SMILES string of the molecule is O=CN=Cc1cc(C#Cc2ccc(-c3ccc(Cl)cc3)cn2)ccc1OCCN1CCCC1. The Morgan fingerprint density at radius 2 is 1.82 bits per heavy atom. The fraction of sp³-hybridized carbons (Fsp3) is 0.222. The number of aliphatic imine (C=N–C) groups is 1. The molecule has 1 aliphatic rings. The lowest BCUT2D eigenvalue weighted by Crippen LogP contribution is -2.25. The number of carbonyl (C=O) groups is 1. The van der Waals surface area contributed by atoms with Crippen LogP contribution >= 0.6 is 11.6 Å². The second-order valence-electron chi connectivity index (χ2n) is 7.72. The van der Waals surface area contributed by atoms with Gasteiger partial charge in [-0.15, -0.1) is 0 Å². The molecule has 1 aromatic heterocycles. The van der Waals surface area contributed by atoms with Crippen molar-refractivity contribution in [2.45, 2.75) is 12.8 Å². The third kappa shape index (κ3) is 6.52. The van der Waals surface area contributed by atoms with Gasteiger partial charge in [0.2, 0.25) is 6.41 Å². The molecule has 0 atom stereocenters. The molecule has 33 heavy (non-hydrogen) atoms. The molecule has 6 heteroatoms. The smallest absolute Gasteiger partial charge is 0.232 e. The molecule has 0 saturated carbocycles. The summed E-state index contributed by atoms with van der Waals surface area (Å²) < 4.78 is 5.96. The molecule has 2 heterocycles. The Bertz CT molecular complexity index is 1170. The lowest BCUT2D eigenvalue weighted by Gasteiger charge is -2.15. The predicted octanol–water partition coefficient (Wildman–Crippen LogP) is 4.85. The Balaban J connectivity index is 1.45. The van der Waals surface area contributed by atoms with Crippen LogP contribution in [0.2, 0.25) is 5.02 Å². The van der Waals surface area contributed by atoms with Crippen LogP contribution in [-0.4, -0.2) is 48.7 Å². The van der Waals surface area contributed by atoms with E-state index in [0.717, 1.165) is 41.9 Å². The molecule has 3 aromatic rings. The van der Waals surface area contributed by atoms with Crippen molar-refractivity contribution in [3.63, 3.8) is 0 Å². The maximum Gasteiger partial charge on any atom is 0.232 e. The van der Waals surface area contributed by atoms with Crippen molar-refractivity contribution >= 4 is 24.2 Å². The Kier molecular flexibility index (Phi) is 7.86. The number of benzene rings is 2. The van der Waals surface area contributed by atoms with E-state index < -0.39 is 0 Å². The number of nitrogens with zero attached hydrogens (tertiary/aromatic N) is 3. The van der Waals surface area contributed by atoms with Crippen LogP contribution in [0.25, 0.3) is 11.1 Å². The van der Waals surface area contributed by atoms with Gasteiger partial charge in [0.25, 0.3) is 0 Å². The van der Waals surface area contributed by atoms with E-state index in [1.165, 1.54) is 19.1 Å². The number of hydrogen-bond donors (Lipinski definition) is 0. The average Bonchev–Trinajstić information content (AvgIpc) is 3.37. The van der Waals surface area contributed by atoms with Gasteiger partial charge in [0, 0.05) is 40.7 Å². The molecular formula is C27H24ClN3O2. The van der Waals surface area contributed by atoms with Crippen molar-refractivity contribution in [3.05, 3.63) is 82.6 Å². The van der Waals surface area contributed by atoms with Gasteiger partial charge in [-0.25, -0.2) is 9.98 Å². The number of carbonyl (C=O) groups excluding carboxylic acids is 1. The van der Waals surface area contributed by atoms with E-state index >= 15 is 0 Å². The quantitative estimate of drug-likeness (QED) is 0.289. The first kappa shape index (κ1) is 22.7. The summed E-state index contributed by atoms with van der Waals surface area (Å²) in [6.45, 7) is 3.75. The standard InChI is InChI=1S/C27H24ClN3O2/c28-25-8-5-22(6-9-25)23-7-11-26(30-19-23)10-3-21-4-12-27(24(17-21)18-29-20-32)33-16-15-31-13-1-2-14-31/h4-9,11-12,17-20H,1-2,13-16H2. The van der Waals surface area contributed by atoms with Crippen LogP contribution in [0.1, 0.15) is 29.7 Å². The molecule has 5 nitrogen and oxygen atoms in total. The number of hydrogen-bond acceptors (Lipinski definition) is 4. The minimum absolute atomic E-state index is 0.512. The summed E-state index contributed by atoms with van der Waals surface area (Å²) in [7, 11) is 0. The number of pyridine rings is 1. The topological polar surface area (TPSA) is 54.8 Å². The molecule has 0 aliphatic carbocycles. The summed E-state index contributed by atoms with van der Waals surface area (Å²) in [6.07, 6.45) is 6.32. The third-order valence-electron chi connectivity index (χ3n) is 5.42. The molecule has 0 N–H and O–H groups in total. The van der Waals surface area contributed by atoms with Crippen molar-refractivity contribution in [1.82, 2.24) is 9.88 Å². The summed E-state index contributed by atoms with van der Waals surface area (Å²) in [6, 6.07) is 17.2. The molecule has 1 fully saturated rings. The molecule has 1 aliphatic heterocycles. The number of amides is 1. The Hall–Kier alpha value is -3.46. The zero-order chi connectivity index (χ0) is 22.9. The summed E-state index contributed by atoms with van der Waals surface area (Å²) in [5, 5.41) is 0.703. The van der Waals surface area contributed by atoms with Gasteiger partial charge >= 0.3 is 0 Å². The molecule has 1 amide bonds. The minimum Gasteiger partial charge on any atom is -0.492 e. The Morgan fingerprint density at radius 3 is 2.55 bits per heavy atom. The third-order valence-corrected chi connectivity index (χ3v) is 5.68. The molecule has 2 aromatic carbocycles. The first-order valence-corrected chi connectivity index (χ1v) is 11.3. The number of aromatic nitrogens is 1. The van der Waals surface area contributed by atoms with Gasteiger partial charge in [-0.3, -0.25) is 9.69 Å². The van der Waals surface area contributed by atoms with Crippen molar-refractivity contribution in [3.8, 4) is 28.7 Å². The van der Waals surface area contributed by atoms with E-state index in [1.807, 2.05) is 54.6 Å². The van der Waals surface area contributed by atoms with Crippen LogP contribution in [0.4, 0.5) is 0 Å². The molecule has 0 unspecified atom stereocenters. The van der Waals surface area contributed by atoms with E-state index in [2.05, 4.69) is 26.7 Å². The zero-order valence-corrected chi connectivity index (χ0v) is 19.0. The maximum absolute atomic E-state index is 10.7. The second kappa shape index (κ2) is 11.4. The van der Waals surface area contributed by atoms with Gasteiger partial charge in [-0.05, 0) is 73.8 Å². The Labute approximate surface area is 199 Å². The van der Waals surface area contributed by atoms with Crippen LogP contribution in [-0.2, 0) is 4.79 Å². The maximum atomic E-state index is 10.7. The normalized spacial score (nSPS) is 13.6. The highest BCUT2D eigenvalue weighted by atomic mass is 35.5. The van der Waals surface area contributed by atoms with Crippen LogP contribution in [0, 0.1) is 11.8 Å². The van der Waals surface area contributed by atoms with Gasteiger partial charge < -0.3 is 4.74 Å². The molecule has 0 bridgehead atoms. The number of likely N-dealkylation sites (tertiary alicyclic amines) is 1. The summed E-state index contributed by atoms with van der Waals surface area (Å²) in [5.74, 6) is 6.91. The summed E-state index contributed by atoms with van der Waals surface area (Å²) >= 11 is 5.96. The fourth-order valence-corrected chi connectivity index (χ4v) is 3.80. The highest BCUT2D eigenvalue weighted by molar-refractivity contribution is 6.30. The van der Waals surface area contributed by atoms with Crippen molar-refractivity contribution < 1.29 is 9.53 Å². The van der Waals surface area contributed by atoms with Gasteiger partial charge in [0.05, 0.1) is 0 Å². The molecule has 1 saturated heterocycles. The van der Waals surface area contributed by atoms with Crippen molar-refractivity contribution in [2.24, 2.45) is 4.99 Å². The van der Waals surface area contributed by atoms with E-state index in [1.54, 1.807) is 6.20 Å². The van der Waals surface area contributed by atoms with E-state index in [0.29, 0.717) is 29.5 Å². The highest BCUT2D eigenvalue weighted by Gasteiger charge is 2.11. The van der Waals surface area contributed by atoms with Crippen LogP contribution in [0.3, 0.4) is 0 Å². The average molecular weight is 458 g/mol. The fourth-order valence-electron chi connectivity index (χ4n) is 3.68. The lowest BCUT2D eigenvalue weighted by molar-refractivity contribution is -0.106. The van der Waals surface area contributed by atoms with Gasteiger partial charge in [0.15, 0.2) is 0 Å². The molecule has 0 radical (unpaired) electrons. The predicted molar refractivity (Wildman–Crippen MR) is 132 cm³/mol. The van der Waals surface area contributed by atoms with E-state index in [-0.39, 0.29) is 0 Å². The van der Waals surface area contributed by atoms with Gasteiger partial charge in [-0.2, -0.15) is 0 Å². The van der Waals surface area contributed by atoms with Crippen molar-refractivity contribution in [2.75, 3.05) is 26.2 Å². The summed E-state index contributed by atoms with van der Waals surface area (Å²) in [5.41, 5.74) is 4.23. The van der Waals surface area contributed by atoms with Gasteiger partial charge in [0.1, 0.15) is 18.1 Å². The lowest BCUT2D eigenvalue weighted by atomic mass is 10.1. The number of halogens is 1. The van der Waals surface area contributed by atoms with E-state index in [9.17, 15) is 4.79 Å². The molecular weight excluding hydrogens is 434 g/mol. The first-order valence-electron chi connectivity index (χ1n) is 10.9. The number of rotatable bonds is 7. The van der Waals surface area contributed by atoms with Crippen LogP contribution in [0.15, 0.2) is 65.8 Å². The van der Waals surface area contributed by atoms with Gasteiger partial charge in [-0.1, -0.05) is 35.7 Å². The summed E-state index contributed by atoms with van der Waals surface area (Å²) in [4.78, 5) is 21.3. The monoisotopic (exact) mass is 457 g/mol. The Morgan fingerprint density at radius 1 is 1.03 bits per heavy atom. The second-order valence-corrected chi connectivity index (χ2v) is 8.16. The van der Waals surface area contributed by atoms with Crippen LogP contribution in [0.5, 0.6) is 5.75 Å². The zero-order valence-electron chi connectivity index (χ0n) is 18.2. The molecule has 4 rings (SSSR count). The largest absolute Gasteiger partial charge is 0.492 e. The highest BCUT2D eigenvalue weighted by Crippen LogP contribution is 2.21. The molecule has 166 valence electrons. The van der Waals surface area contributed by atoms with Crippen molar-refractivity contribution in [1.29, 1.82) is 0 Å².